The summed E-state index contributed by atoms with van der Waals surface area (Å²) < 4.78 is 5.55. The van der Waals surface area contributed by atoms with Gasteiger partial charge in [-0.2, -0.15) is 0 Å². The fraction of sp³-hybridized carbons (Fsp3) is 0.200. The lowest BCUT2D eigenvalue weighted by Gasteiger charge is -2.13. The molecule has 2 aromatic rings. The molecule has 0 unspecified atom stereocenters. The number of hydrogen-bond donors (Lipinski definition) is 3. The number of nitrogens with zero attached hydrogens (tertiary/aromatic N) is 1. The van der Waals surface area contributed by atoms with Crippen molar-refractivity contribution in [3.8, 4) is 5.88 Å². The molecule has 21 heavy (non-hydrogen) atoms. The molecule has 1 aromatic heterocycles. The number of nitrogens with two attached hydrogens (primary N) is 2. The highest BCUT2D eigenvalue weighted by Crippen LogP contribution is 2.23. The molecule has 0 fully saturated rings. The third-order valence-corrected chi connectivity index (χ3v) is 2.61. The van der Waals surface area contributed by atoms with E-state index in [0.29, 0.717) is 28.5 Å². The van der Waals surface area contributed by atoms with Crippen LogP contribution in [0.1, 0.15) is 24.2 Å². The van der Waals surface area contributed by atoms with Crippen LogP contribution in [0, 0.1) is 0 Å². The molecular formula is C15H18N4O2. The summed E-state index contributed by atoms with van der Waals surface area (Å²) in [5.74, 6) is 0.0494. The van der Waals surface area contributed by atoms with Gasteiger partial charge in [0.15, 0.2) is 0 Å². The third kappa shape index (κ3) is 3.85. The number of aromatic nitrogens is 1. The molecular weight excluding hydrogens is 268 g/mol. The number of ether oxygens (including phenoxy) is 1. The maximum absolute atomic E-state index is 12.3. The number of anilines is 3. The molecule has 0 bridgehead atoms. The van der Waals surface area contributed by atoms with Gasteiger partial charge < -0.3 is 21.5 Å². The Bertz CT molecular complexity index is 636. The first-order chi connectivity index (χ1) is 9.95. The van der Waals surface area contributed by atoms with Gasteiger partial charge in [-0.3, -0.25) is 4.79 Å². The number of amides is 1. The maximum atomic E-state index is 12.3. The van der Waals surface area contributed by atoms with Crippen molar-refractivity contribution in [2.45, 2.75) is 20.0 Å². The molecule has 1 heterocycles. The van der Waals surface area contributed by atoms with Crippen molar-refractivity contribution in [2.75, 3.05) is 16.8 Å². The predicted molar refractivity (Wildman–Crippen MR) is 83.2 cm³/mol. The van der Waals surface area contributed by atoms with Gasteiger partial charge in [-0.15, -0.1) is 0 Å². The molecule has 0 atom stereocenters. The Morgan fingerprint density at radius 3 is 2.52 bits per heavy atom. The van der Waals surface area contributed by atoms with Gasteiger partial charge in [0.25, 0.3) is 5.91 Å². The molecule has 6 heteroatoms. The van der Waals surface area contributed by atoms with Gasteiger partial charge in [0, 0.05) is 23.1 Å². The molecule has 1 amide bonds. The molecule has 1 aromatic carbocycles. The number of benzene rings is 1. The minimum atomic E-state index is -0.324. The van der Waals surface area contributed by atoms with Crippen molar-refractivity contribution in [1.29, 1.82) is 0 Å². The van der Waals surface area contributed by atoms with Crippen molar-refractivity contribution in [3.05, 3.63) is 42.1 Å². The number of carbonyl (C=O) groups is 1. The number of rotatable bonds is 4. The predicted octanol–water partition coefficient (Wildman–Crippen LogP) is 2.29. The number of carbonyl (C=O) groups excluding carboxylic acids is 1. The molecule has 0 spiro atoms. The van der Waals surface area contributed by atoms with E-state index in [4.69, 9.17) is 16.2 Å². The van der Waals surface area contributed by atoms with Gasteiger partial charge in [-0.05, 0) is 44.2 Å². The first kappa shape index (κ1) is 14.6. The first-order valence-corrected chi connectivity index (χ1v) is 6.55. The molecule has 5 N–H and O–H groups in total. The smallest absolute Gasteiger partial charge is 0.255 e. The van der Waals surface area contributed by atoms with Gasteiger partial charge in [0.05, 0.1) is 6.10 Å². The van der Waals surface area contributed by atoms with E-state index in [0.717, 1.165) is 0 Å². The lowest BCUT2D eigenvalue weighted by molar-refractivity contribution is 0.102. The average molecular weight is 286 g/mol. The van der Waals surface area contributed by atoms with E-state index in [1.165, 1.54) is 0 Å². The lowest BCUT2D eigenvalue weighted by atomic mass is 10.1. The van der Waals surface area contributed by atoms with Crippen molar-refractivity contribution >= 4 is 23.0 Å². The Balaban J connectivity index is 2.23. The van der Waals surface area contributed by atoms with Crippen LogP contribution in [0.25, 0.3) is 0 Å². The minimum Gasteiger partial charge on any atom is -0.473 e. The normalized spacial score (nSPS) is 10.4. The Morgan fingerprint density at radius 2 is 1.90 bits per heavy atom. The Hall–Kier alpha value is -2.76. The maximum Gasteiger partial charge on any atom is 0.255 e. The van der Waals surface area contributed by atoms with Crippen LogP contribution in [0.5, 0.6) is 5.88 Å². The van der Waals surface area contributed by atoms with Crippen LogP contribution in [-0.2, 0) is 0 Å². The number of hydrogen-bond acceptors (Lipinski definition) is 5. The van der Waals surface area contributed by atoms with Crippen LogP contribution in [0.4, 0.5) is 17.1 Å². The summed E-state index contributed by atoms with van der Waals surface area (Å²) in [6, 6.07) is 8.15. The quantitative estimate of drug-likeness (QED) is 0.748. The van der Waals surface area contributed by atoms with E-state index in [9.17, 15) is 4.79 Å². The number of nitrogen functional groups attached to an aromatic ring is 2. The van der Waals surface area contributed by atoms with Crippen LogP contribution >= 0.6 is 0 Å². The zero-order valence-corrected chi connectivity index (χ0v) is 12.0. The van der Waals surface area contributed by atoms with Crippen molar-refractivity contribution < 1.29 is 9.53 Å². The Kier molecular flexibility index (Phi) is 4.27. The molecule has 0 saturated heterocycles. The Labute approximate surface area is 123 Å². The summed E-state index contributed by atoms with van der Waals surface area (Å²) in [5, 5.41) is 2.75. The summed E-state index contributed by atoms with van der Waals surface area (Å²) in [4.78, 5) is 16.4. The molecule has 110 valence electrons. The topological polar surface area (TPSA) is 103 Å². The van der Waals surface area contributed by atoms with Crippen LogP contribution in [0.2, 0.25) is 0 Å². The number of pyridine rings is 1. The molecule has 0 aliphatic rings. The SMILES string of the molecule is CC(C)Oc1ncccc1NC(=O)c1cc(N)cc(N)c1. The average Bonchev–Trinajstić information content (AvgIpc) is 2.39. The molecule has 0 aliphatic heterocycles. The minimum absolute atomic E-state index is 0.0430. The highest BCUT2D eigenvalue weighted by atomic mass is 16.5. The second kappa shape index (κ2) is 6.13. The Morgan fingerprint density at radius 1 is 1.24 bits per heavy atom. The van der Waals surface area contributed by atoms with E-state index < -0.39 is 0 Å². The van der Waals surface area contributed by atoms with Crippen molar-refractivity contribution in [2.24, 2.45) is 0 Å². The summed E-state index contributed by atoms with van der Waals surface area (Å²) in [6.07, 6.45) is 1.56. The summed E-state index contributed by atoms with van der Waals surface area (Å²) in [6.45, 7) is 3.78. The highest BCUT2D eigenvalue weighted by molar-refractivity contribution is 6.05. The second-order valence-corrected chi connectivity index (χ2v) is 4.87. The van der Waals surface area contributed by atoms with E-state index in [1.807, 2.05) is 13.8 Å². The largest absolute Gasteiger partial charge is 0.473 e. The zero-order chi connectivity index (χ0) is 15.4. The van der Waals surface area contributed by atoms with Gasteiger partial charge >= 0.3 is 0 Å². The monoisotopic (exact) mass is 286 g/mol. The molecule has 2 rings (SSSR count). The van der Waals surface area contributed by atoms with Crippen LogP contribution in [0.15, 0.2) is 36.5 Å². The van der Waals surface area contributed by atoms with E-state index in [2.05, 4.69) is 10.3 Å². The molecule has 0 radical (unpaired) electrons. The van der Waals surface area contributed by atoms with Gasteiger partial charge in [-0.1, -0.05) is 0 Å². The van der Waals surface area contributed by atoms with E-state index in [1.54, 1.807) is 36.5 Å². The highest BCUT2D eigenvalue weighted by Gasteiger charge is 2.12. The van der Waals surface area contributed by atoms with Gasteiger partial charge in [0.1, 0.15) is 5.69 Å². The first-order valence-electron chi connectivity index (χ1n) is 6.55. The second-order valence-electron chi connectivity index (χ2n) is 4.87. The third-order valence-electron chi connectivity index (χ3n) is 2.61. The summed E-state index contributed by atoms with van der Waals surface area (Å²) >= 11 is 0. The molecule has 6 nitrogen and oxygen atoms in total. The summed E-state index contributed by atoms with van der Waals surface area (Å²) in [5.41, 5.74) is 13.1. The van der Waals surface area contributed by atoms with Crippen molar-refractivity contribution in [3.63, 3.8) is 0 Å². The van der Waals surface area contributed by atoms with E-state index >= 15 is 0 Å². The van der Waals surface area contributed by atoms with Crippen LogP contribution in [-0.4, -0.2) is 17.0 Å². The fourth-order valence-electron chi connectivity index (χ4n) is 1.81. The van der Waals surface area contributed by atoms with Gasteiger partial charge in [-0.25, -0.2) is 4.98 Å². The number of nitrogens with one attached hydrogen (secondary N) is 1. The fourth-order valence-corrected chi connectivity index (χ4v) is 1.81. The van der Waals surface area contributed by atoms with E-state index in [-0.39, 0.29) is 12.0 Å². The molecule has 0 aliphatic carbocycles. The van der Waals surface area contributed by atoms with Crippen LogP contribution in [0.3, 0.4) is 0 Å². The van der Waals surface area contributed by atoms with Gasteiger partial charge in [0.2, 0.25) is 5.88 Å². The van der Waals surface area contributed by atoms with Crippen LogP contribution < -0.4 is 21.5 Å². The standard InChI is InChI=1S/C15H18N4O2/c1-9(2)21-15-13(4-3-5-18-15)19-14(20)10-6-11(16)8-12(17)7-10/h3-9H,16-17H2,1-2H3,(H,19,20). The van der Waals surface area contributed by atoms with Crippen molar-refractivity contribution in [1.82, 2.24) is 4.98 Å². The summed E-state index contributed by atoms with van der Waals surface area (Å²) in [7, 11) is 0. The zero-order valence-electron chi connectivity index (χ0n) is 12.0. The molecule has 0 saturated carbocycles. The lowest BCUT2D eigenvalue weighted by Crippen LogP contribution is -2.15.